The van der Waals surface area contributed by atoms with E-state index in [4.69, 9.17) is 5.73 Å². The van der Waals surface area contributed by atoms with Gasteiger partial charge in [-0.1, -0.05) is 24.3 Å². The number of aliphatic imine (C=N–C) groups is 1. The van der Waals surface area contributed by atoms with Gasteiger partial charge in [0.1, 0.15) is 11.6 Å². The first-order chi connectivity index (χ1) is 16.5. The molecule has 0 spiro atoms. The maximum atomic E-state index is 14.9. The minimum atomic E-state index is -1.02. The molecule has 0 aliphatic carbocycles. The van der Waals surface area contributed by atoms with Crippen LogP contribution in [0.25, 0.3) is 5.57 Å². The van der Waals surface area contributed by atoms with E-state index in [-0.39, 0.29) is 36.5 Å². The summed E-state index contributed by atoms with van der Waals surface area (Å²) in [6, 6.07) is 14.8. The summed E-state index contributed by atoms with van der Waals surface area (Å²) in [5.74, 6) is -1.51. The number of aliphatic hydroxyl groups is 1. The molecule has 1 aliphatic rings. The number of benzene rings is 2. The number of nitrogens with two attached hydrogens (primary N) is 1. The van der Waals surface area contributed by atoms with Gasteiger partial charge < -0.3 is 16.2 Å². The molecule has 4 N–H and O–H groups in total. The second-order valence-electron chi connectivity index (χ2n) is 7.95. The van der Waals surface area contributed by atoms with Gasteiger partial charge >= 0.3 is 0 Å². The number of carbonyl (C=O) groups is 1. The lowest BCUT2D eigenvalue weighted by Crippen LogP contribution is -2.48. The zero-order valence-electron chi connectivity index (χ0n) is 18.3. The second kappa shape index (κ2) is 10.5. The number of pyridine rings is 1. The molecule has 0 bridgehead atoms. The fourth-order valence-electron chi connectivity index (χ4n) is 3.83. The maximum Gasteiger partial charge on any atom is 0.252 e. The monoisotopic (exact) mass is 462 g/mol. The van der Waals surface area contributed by atoms with E-state index >= 15 is 0 Å². The molecule has 34 heavy (non-hydrogen) atoms. The quantitative estimate of drug-likeness (QED) is 0.479. The van der Waals surface area contributed by atoms with Crippen LogP contribution < -0.4 is 11.1 Å². The number of halogens is 2. The Morgan fingerprint density at radius 2 is 1.88 bits per heavy atom. The first-order valence-electron chi connectivity index (χ1n) is 10.8. The van der Waals surface area contributed by atoms with E-state index in [9.17, 15) is 18.7 Å². The second-order valence-corrected chi connectivity index (χ2v) is 7.95. The van der Waals surface area contributed by atoms with Crippen LogP contribution in [-0.4, -0.2) is 46.9 Å². The van der Waals surface area contributed by atoms with Crippen molar-refractivity contribution in [2.75, 3.05) is 13.1 Å². The lowest BCUT2D eigenvalue weighted by molar-refractivity contribution is 0.0844. The molecule has 4 rings (SSSR count). The van der Waals surface area contributed by atoms with E-state index in [0.29, 0.717) is 11.4 Å². The predicted octanol–water partition coefficient (Wildman–Crippen LogP) is 2.91. The van der Waals surface area contributed by atoms with Crippen LogP contribution in [0, 0.1) is 11.6 Å². The Balaban J connectivity index is 1.60. The molecule has 0 unspecified atom stereocenters. The van der Waals surface area contributed by atoms with E-state index in [1.807, 2.05) is 6.07 Å². The zero-order valence-corrected chi connectivity index (χ0v) is 18.3. The van der Waals surface area contributed by atoms with Crippen LogP contribution in [-0.2, 0) is 6.42 Å². The van der Waals surface area contributed by atoms with E-state index < -0.39 is 23.9 Å². The molecular formula is C26H24F2N4O2. The zero-order chi connectivity index (χ0) is 24.1. The highest BCUT2D eigenvalue weighted by Gasteiger charge is 2.26. The van der Waals surface area contributed by atoms with Crippen LogP contribution in [0.2, 0.25) is 0 Å². The molecule has 8 heteroatoms. The molecule has 2 atom stereocenters. The van der Waals surface area contributed by atoms with Gasteiger partial charge in [0, 0.05) is 30.4 Å². The summed E-state index contributed by atoms with van der Waals surface area (Å²) in [5.41, 5.74) is 8.35. The van der Waals surface area contributed by atoms with Crippen molar-refractivity contribution in [2.24, 2.45) is 10.7 Å². The van der Waals surface area contributed by atoms with Crippen molar-refractivity contribution in [1.82, 2.24) is 10.3 Å². The number of nitrogens with one attached hydrogen (secondary N) is 1. The third-order valence-electron chi connectivity index (χ3n) is 5.64. The summed E-state index contributed by atoms with van der Waals surface area (Å²) < 4.78 is 28.2. The van der Waals surface area contributed by atoms with Gasteiger partial charge in [0.05, 0.1) is 30.0 Å². The lowest BCUT2D eigenvalue weighted by Gasteiger charge is -2.23. The van der Waals surface area contributed by atoms with Crippen molar-refractivity contribution in [2.45, 2.75) is 18.6 Å². The number of hydrogen-bond donors (Lipinski definition) is 3. The molecule has 0 fully saturated rings. The van der Waals surface area contributed by atoms with Crippen LogP contribution in [0.4, 0.5) is 8.78 Å². The van der Waals surface area contributed by atoms with Gasteiger partial charge in [-0.05, 0) is 53.6 Å². The number of nitrogens with zero attached hydrogens (tertiary/aromatic N) is 2. The van der Waals surface area contributed by atoms with Gasteiger partial charge in [-0.3, -0.25) is 14.8 Å². The van der Waals surface area contributed by atoms with Crippen LogP contribution in [0.15, 0.2) is 77.9 Å². The third kappa shape index (κ3) is 5.24. The minimum absolute atomic E-state index is 0.0652. The van der Waals surface area contributed by atoms with Crippen LogP contribution in [0.1, 0.15) is 27.2 Å². The van der Waals surface area contributed by atoms with Crippen molar-refractivity contribution < 1.29 is 18.7 Å². The maximum absolute atomic E-state index is 14.9. The fourth-order valence-corrected chi connectivity index (χ4v) is 3.83. The third-order valence-corrected chi connectivity index (χ3v) is 5.64. The largest absolute Gasteiger partial charge is 0.390 e. The SMILES string of the molecule is NC[C@@H](O)[C@@H](Cc1ccccn1)NC(=O)c1cccc(F)c1C1=NCC(c2ccc(F)cc2)=C1. The number of aliphatic hydroxyl groups excluding tert-OH is 1. The Labute approximate surface area is 195 Å². The highest BCUT2D eigenvalue weighted by Crippen LogP contribution is 2.25. The number of amides is 1. The molecule has 0 saturated heterocycles. The normalized spacial score (nSPS) is 14.8. The summed E-state index contributed by atoms with van der Waals surface area (Å²) in [4.78, 5) is 21.9. The Kier molecular flexibility index (Phi) is 7.20. The molecule has 174 valence electrons. The van der Waals surface area contributed by atoms with Gasteiger partial charge in [0.15, 0.2) is 0 Å². The Morgan fingerprint density at radius 3 is 2.59 bits per heavy atom. The molecule has 1 aliphatic heterocycles. The van der Waals surface area contributed by atoms with Crippen molar-refractivity contribution in [3.8, 4) is 0 Å². The van der Waals surface area contributed by atoms with Crippen LogP contribution in [0.3, 0.4) is 0 Å². The summed E-state index contributed by atoms with van der Waals surface area (Å²) in [6.07, 6.45) is 2.56. The Bertz CT molecular complexity index is 1230. The standard InChI is InChI=1S/C26H24F2N4O2/c27-18-9-7-16(8-10-18)17-12-23(31-15-17)25-20(5-3-6-21(25)28)26(34)32-22(24(33)14-29)13-19-4-1-2-11-30-19/h1-12,22,24,33H,13-15,29H2,(H,32,34)/t22-,24-/m1/s1. The Morgan fingerprint density at radius 1 is 1.09 bits per heavy atom. The molecule has 0 saturated carbocycles. The Hall–Kier alpha value is -3.75. The molecule has 2 aromatic carbocycles. The van der Waals surface area contributed by atoms with E-state index in [2.05, 4.69) is 15.3 Å². The molecule has 2 heterocycles. The number of allylic oxidation sites excluding steroid dienone is 1. The topological polar surface area (TPSA) is 101 Å². The average molecular weight is 463 g/mol. The van der Waals surface area contributed by atoms with Gasteiger partial charge in [-0.15, -0.1) is 0 Å². The van der Waals surface area contributed by atoms with E-state index in [0.717, 1.165) is 11.1 Å². The minimum Gasteiger partial charge on any atom is -0.390 e. The lowest BCUT2D eigenvalue weighted by atomic mass is 9.98. The van der Waals surface area contributed by atoms with Crippen LogP contribution >= 0.6 is 0 Å². The fraction of sp³-hybridized carbons (Fsp3) is 0.192. The van der Waals surface area contributed by atoms with Gasteiger partial charge in [-0.2, -0.15) is 0 Å². The van der Waals surface area contributed by atoms with E-state index in [1.165, 1.54) is 30.3 Å². The first-order valence-corrected chi connectivity index (χ1v) is 10.8. The highest BCUT2D eigenvalue weighted by molar-refractivity contribution is 6.19. The molecular weight excluding hydrogens is 438 g/mol. The number of carbonyl (C=O) groups excluding carboxylic acids is 1. The van der Waals surface area contributed by atoms with Gasteiger partial charge in [0.2, 0.25) is 0 Å². The highest BCUT2D eigenvalue weighted by atomic mass is 19.1. The summed E-state index contributed by atoms with van der Waals surface area (Å²) in [7, 11) is 0. The summed E-state index contributed by atoms with van der Waals surface area (Å²) in [5, 5.41) is 13.2. The number of hydrogen-bond acceptors (Lipinski definition) is 5. The molecule has 1 aromatic heterocycles. The van der Waals surface area contributed by atoms with Crippen LogP contribution in [0.5, 0.6) is 0 Å². The first kappa shape index (κ1) is 23.4. The van der Waals surface area contributed by atoms with E-state index in [1.54, 1.807) is 36.5 Å². The van der Waals surface area contributed by atoms with Gasteiger partial charge in [-0.25, -0.2) is 8.78 Å². The van der Waals surface area contributed by atoms with Crippen molar-refractivity contribution in [1.29, 1.82) is 0 Å². The summed E-state index contributed by atoms with van der Waals surface area (Å²) >= 11 is 0. The van der Waals surface area contributed by atoms with Crippen molar-refractivity contribution in [3.05, 3.63) is 107 Å². The van der Waals surface area contributed by atoms with Gasteiger partial charge in [0.25, 0.3) is 5.91 Å². The molecule has 3 aromatic rings. The van der Waals surface area contributed by atoms with Crippen molar-refractivity contribution >= 4 is 17.2 Å². The average Bonchev–Trinajstić information content (AvgIpc) is 3.33. The predicted molar refractivity (Wildman–Crippen MR) is 126 cm³/mol. The van der Waals surface area contributed by atoms with Crippen molar-refractivity contribution in [3.63, 3.8) is 0 Å². The number of aromatic nitrogens is 1. The smallest absolute Gasteiger partial charge is 0.252 e. The molecule has 6 nitrogen and oxygen atoms in total. The summed E-state index contributed by atoms with van der Waals surface area (Å²) in [6.45, 7) is 0.217. The molecule has 0 radical (unpaired) electrons. The molecule has 1 amide bonds. The number of rotatable bonds is 8.